The highest BCUT2D eigenvalue weighted by Gasteiger charge is 2.07. The van der Waals surface area contributed by atoms with Gasteiger partial charge in [0, 0.05) is 12.1 Å². The van der Waals surface area contributed by atoms with E-state index < -0.39 is 5.97 Å². The molecule has 0 aliphatic heterocycles. The molecule has 132 valence electrons. The average Bonchev–Trinajstić information content (AvgIpc) is 2.68. The molecule has 26 heavy (non-hydrogen) atoms. The van der Waals surface area contributed by atoms with Crippen LogP contribution in [0.25, 0.3) is 5.69 Å². The molecule has 0 atom stereocenters. The van der Waals surface area contributed by atoms with Crippen molar-refractivity contribution < 1.29 is 19.4 Å². The zero-order valence-electron chi connectivity index (χ0n) is 14.0. The number of nitrogens with zero attached hydrogens (tertiary/aromatic N) is 2. The van der Waals surface area contributed by atoms with Crippen molar-refractivity contribution >= 4 is 5.97 Å². The van der Waals surface area contributed by atoms with E-state index in [1.807, 2.05) is 24.3 Å². The highest BCUT2D eigenvalue weighted by atomic mass is 16.5. The van der Waals surface area contributed by atoms with Crippen LogP contribution in [0.5, 0.6) is 11.6 Å². The minimum Gasteiger partial charge on any atom is -0.497 e. The first-order chi connectivity index (χ1) is 12.6. The molecule has 1 aromatic heterocycles. The van der Waals surface area contributed by atoms with Crippen molar-refractivity contribution in [1.29, 1.82) is 0 Å². The van der Waals surface area contributed by atoms with Crippen LogP contribution < -0.4 is 15.0 Å². The van der Waals surface area contributed by atoms with Gasteiger partial charge in [0.05, 0.1) is 18.4 Å². The number of carboxylic acids is 1. The molecule has 1 N–H and O–H groups in total. The number of carbonyl (C=O) groups is 1. The fourth-order valence-corrected chi connectivity index (χ4v) is 2.28. The highest BCUT2D eigenvalue weighted by molar-refractivity contribution is 5.87. The predicted molar refractivity (Wildman–Crippen MR) is 94.1 cm³/mol. The lowest BCUT2D eigenvalue weighted by atomic mass is 10.2. The lowest BCUT2D eigenvalue weighted by Crippen LogP contribution is -2.20. The number of hydrogen-bond acceptors (Lipinski definition) is 5. The summed E-state index contributed by atoms with van der Waals surface area (Å²) in [5.74, 6) is 0.00129. The molecular formula is C19H16N2O5. The third-order valence-corrected chi connectivity index (χ3v) is 3.68. The molecule has 0 bridgehead atoms. The molecule has 0 amide bonds. The number of carboxylic acid groups (broad SMARTS) is 1. The molecule has 0 aliphatic carbocycles. The summed E-state index contributed by atoms with van der Waals surface area (Å²) in [6.07, 6.45) is 0. The monoisotopic (exact) mass is 352 g/mol. The number of methoxy groups -OCH3 is 1. The molecule has 0 saturated carbocycles. The number of ether oxygens (including phenoxy) is 2. The molecule has 0 aliphatic rings. The molecule has 0 radical (unpaired) electrons. The van der Waals surface area contributed by atoms with Gasteiger partial charge in [0.25, 0.3) is 5.56 Å². The molecule has 2 aromatic carbocycles. The van der Waals surface area contributed by atoms with Crippen LogP contribution in [0.4, 0.5) is 0 Å². The van der Waals surface area contributed by atoms with Crippen LogP contribution in [-0.2, 0) is 6.61 Å². The Morgan fingerprint density at radius 2 is 1.73 bits per heavy atom. The van der Waals surface area contributed by atoms with E-state index in [-0.39, 0.29) is 23.6 Å². The number of aromatic carboxylic acids is 1. The maximum Gasteiger partial charge on any atom is 0.335 e. The van der Waals surface area contributed by atoms with Crippen molar-refractivity contribution in [3.05, 3.63) is 82.1 Å². The Bertz CT molecular complexity index is 962. The van der Waals surface area contributed by atoms with Gasteiger partial charge in [0.1, 0.15) is 12.4 Å². The third kappa shape index (κ3) is 3.89. The van der Waals surface area contributed by atoms with E-state index in [1.54, 1.807) is 7.11 Å². The lowest BCUT2D eigenvalue weighted by Gasteiger charge is -2.09. The van der Waals surface area contributed by atoms with Crippen LogP contribution in [0.15, 0.2) is 65.5 Å². The van der Waals surface area contributed by atoms with Crippen molar-refractivity contribution in [2.75, 3.05) is 7.11 Å². The zero-order chi connectivity index (χ0) is 18.5. The quantitative estimate of drug-likeness (QED) is 0.733. The number of rotatable bonds is 6. The van der Waals surface area contributed by atoms with Gasteiger partial charge >= 0.3 is 5.97 Å². The first kappa shape index (κ1) is 17.2. The van der Waals surface area contributed by atoms with E-state index in [2.05, 4.69) is 5.10 Å². The topological polar surface area (TPSA) is 90.7 Å². The second kappa shape index (κ2) is 7.52. The van der Waals surface area contributed by atoms with Crippen molar-refractivity contribution in [1.82, 2.24) is 9.78 Å². The Morgan fingerprint density at radius 3 is 2.35 bits per heavy atom. The van der Waals surface area contributed by atoms with Crippen molar-refractivity contribution in [2.45, 2.75) is 6.61 Å². The van der Waals surface area contributed by atoms with Gasteiger partial charge in [-0.1, -0.05) is 12.1 Å². The minimum absolute atomic E-state index is 0.133. The van der Waals surface area contributed by atoms with Gasteiger partial charge in [-0.05, 0) is 42.0 Å². The first-order valence-corrected chi connectivity index (χ1v) is 7.76. The van der Waals surface area contributed by atoms with Crippen molar-refractivity contribution in [3.63, 3.8) is 0 Å². The fraction of sp³-hybridized carbons (Fsp3) is 0.105. The molecular weight excluding hydrogens is 336 g/mol. The molecule has 1 heterocycles. The van der Waals surface area contributed by atoms with Crippen LogP contribution in [0.1, 0.15) is 15.9 Å². The Labute approximate surface area is 149 Å². The summed E-state index contributed by atoms with van der Waals surface area (Å²) >= 11 is 0. The second-order valence-electron chi connectivity index (χ2n) is 5.41. The summed E-state index contributed by atoms with van der Waals surface area (Å²) in [4.78, 5) is 23.0. The number of aromatic nitrogens is 2. The van der Waals surface area contributed by atoms with Crippen LogP contribution >= 0.6 is 0 Å². The summed E-state index contributed by atoms with van der Waals surface area (Å²) in [7, 11) is 1.60. The van der Waals surface area contributed by atoms with Crippen LogP contribution in [0.2, 0.25) is 0 Å². The van der Waals surface area contributed by atoms with E-state index in [4.69, 9.17) is 14.6 Å². The second-order valence-corrected chi connectivity index (χ2v) is 5.41. The Hall–Kier alpha value is -3.61. The number of benzene rings is 2. The minimum atomic E-state index is -1.03. The van der Waals surface area contributed by atoms with Gasteiger partial charge in [0.2, 0.25) is 5.88 Å². The Kier molecular flexibility index (Phi) is 4.98. The van der Waals surface area contributed by atoms with Crippen LogP contribution in [-0.4, -0.2) is 28.0 Å². The summed E-state index contributed by atoms with van der Waals surface area (Å²) in [5.41, 5.74) is 1.17. The molecule has 3 rings (SSSR count). The summed E-state index contributed by atoms with van der Waals surface area (Å²) in [5, 5.41) is 13.1. The summed E-state index contributed by atoms with van der Waals surface area (Å²) in [6, 6.07) is 16.1. The molecule has 7 heteroatoms. The SMILES string of the molecule is COc1ccc(COc2ccc(=O)n(-c3ccc(C(=O)O)cc3)n2)cc1. The maximum absolute atomic E-state index is 12.1. The normalized spacial score (nSPS) is 10.3. The molecule has 0 fully saturated rings. The van der Waals surface area contributed by atoms with Crippen molar-refractivity contribution in [3.8, 4) is 17.3 Å². The zero-order valence-corrected chi connectivity index (χ0v) is 14.0. The molecule has 3 aromatic rings. The maximum atomic E-state index is 12.1. The third-order valence-electron chi connectivity index (χ3n) is 3.68. The highest BCUT2D eigenvalue weighted by Crippen LogP contribution is 2.14. The predicted octanol–water partition coefficient (Wildman–Crippen LogP) is 2.52. The van der Waals surface area contributed by atoms with E-state index in [0.29, 0.717) is 5.69 Å². The molecule has 0 unspecified atom stereocenters. The summed E-state index contributed by atoms with van der Waals surface area (Å²) < 4.78 is 11.9. The Balaban J connectivity index is 1.78. The van der Waals surface area contributed by atoms with E-state index >= 15 is 0 Å². The standard InChI is InChI=1S/C19H16N2O5/c1-25-16-8-2-13(3-9-16)12-26-17-10-11-18(22)21(20-17)15-6-4-14(5-7-15)19(23)24/h2-11H,12H2,1H3,(H,23,24). The lowest BCUT2D eigenvalue weighted by molar-refractivity contribution is 0.0697. The molecule has 7 nitrogen and oxygen atoms in total. The average molecular weight is 352 g/mol. The largest absolute Gasteiger partial charge is 0.497 e. The number of hydrogen-bond donors (Lipinski definition) is 1. The smallest absolute Gasteiger partial charge is 0.335 e. The van der Waals surface area contributed by atoms with Gasteiger partial charge < -0.3 is 14.6 Å². The first-order valence-electron chi connectivity index (χ1n) is 7.76. The van der Waals surface area contributed by atoms with Crippen molar-refractivity contribution in [2.24, 2.45) is 0 Å². The van der Waals surface area contributed by atoms with Crippen LogP contribution in [0, 0.1) is 0 Å². The fourth-order valence-electron chi connectivity index (χ4n) is 2.28. The Morgan fingerprint density at radius 1 is 1.04 bits per heavy atom. The van der Waals surface area contributed by atoms with Gasteiger partial charge in [-0.2, -0.15) is 4.68 Å². The van der Waals surface area contributed by atoms with Gasteiger partial charge in [0.15, 0.2) is 0 Å². The molecule has 0 saturated heterocycles. The van der Waals surface area contributed by atoms with E-state index in [1.165, 1.54) is 36.4 Å². The van der Waals surface area contributed by atoms with Crippen LogP contribution in [0.3, 0.4) is 0 Å². The van der Waals surface area contributed by atoms with E-state index in [0.717, 1.165) is 16.0 Å². The molecule has 0 spiro atoms. The van der Waals surface area contributed by atoms with Gasteiger partial charge in [-0.3, -0.25) is 4.79 Å². The summed E-state index contributed by atoms with van der Waals surface area (Å²) in [6.45, 7) is 0.285. The van der Waals surface area contributed by atoms with Gasteiger partial charge in [-0.15, -0.1) is 5.10 Å². The van der Waals surface area contributed by atoms with E-state index in [9.17, 15) is 9.59 Å². The van der Waals surface area contributed by atoms with Gasteiger partial charge in [-0.25, -0.2) is 4.79 Å².